The lowest BCUT2D eigenvalue weighted by Gasteiger charge is -2.18. The molecule has 1 unspecified atom stereocenters. The number of rotatable bonds is 11. The number of benzene rings is 4. The molecule has 2 N–H and O–H groups in total. The van der Waals surface area contributed by atoms with Crippen molar-refractivity contribution in [3.63, 3.8) is 0 Å². The van der Waals surface area contributed by atoms with E-state index in [-0.39, 0.29) is 37.2 Å². The van der Waals surface area contributed by atoms with Crippen molar-refractivity contribution in [3.8, 4) is 0 Å². The van der Waals surface area contributed by atoms with E-state index >= 15 is 0 Å². The van der Waals surface area contributed by atoms with Crippen LogP contribution in [0.4, 0.5) is 15.3 Å². The van der Waals surface area contributed by atoms with Gasteiger partial charge in [0.05, 0.1) is 35.0 Å². The molecule has 2 aromatic heterocycles. The quantitative estimate of drug-likeness (QED) is 0.113. The maximum absolute atomic E-state index is 14.4. The number of anilines is 1. The Morgan fingerprint density at radius 1 is 0.725 bits per heavy atom. The summed E-state index contributed by atoms with van der Waals surface area (Å²) >= 11 is 0. The van der Waals surface area contributed by atoms with Gasteiger partial charge in [0.15, 0.2) is 5.78 Å². The van der Waals surface area contributed by atoms with Gasteiger partial charge in [0.2, 0.25) is 0 Å². The molecule has 1 aliphatic rings. The van der Waals surface area contributed by atoms with E-state index in [9.17, 15) is 24.0 Å². The predicted octanol–water partition coefficient (Wildman–Crippen LogP) is 6.90. The van der Waals surface area contributed by atoms with Crippen LogP contribution in [0.3, 0.4) is 0 Å². The molecule has 0 fully saturated rings. The molecule has 4 aromatic carbocycles. The number of para-hydroxylation sites is 2. The van der Waals surface area contributed by atoms with E-state index in [4.69, 9.17) is 4.74 Å². The third kappa shape index (κ3) is 6.49. The highest BCUT2D eigenvalue weighted by Gasteiger charge is 2.34. The minimum Gasteiger partial charge on any atom is -0.449 e. The number of carbonyl (C=O) groups excluding carboxylic acids is 5. The molecule has 6 aromatic rings. The van der Waals surface area contributed by atoms with Crippen LogP contribution in [-0.2, 0) is 17.7 Å². The van der Waals surface area contributed by atoms with Gasteiger partial charge in [0.1, 0.15) is 0 Å². The summed E-state index contributed by atoms with van der Waals surface area (Å²) in [5, 5.41) is 7.10. The van der Waals surface area contributed by atoms with Crippen LogP contribution >= 0.6 is 0 Å². The second-order valence-corrected chi connectivity index (χ2v) is 12.2. The third-order valence-electron chi connectivity index (χ3n) is 9.04. The fraction of sp³-hybridized carbons (Fsp3) is 0.175. The number of hydrogen-bond donors (Lipinski definition) is 2. The van der Waals surface area contributed by atoms with Crippen LogP contribution in [0.5, 0.6) is 0 Å². The Morgan fingerprint density at radius 2 is 1.35 bits per heavy atom. The molecule has 51 heavy (non-hydrogen) atoms. The number of imide groups is 1. The molecule has 0 spiro atoms. The number of nitrogens with one attached hydrogen (secondary N) is 2. The van der Waals surface area contributed by atoms with Crippen molar-refractivity contribution in [3.05, 3.63) is 138 Å². The number of ketones is 1. The number of ether oxygens (including phenoxy) is 1. The van der Waals surface area contributed by atoms with E-state index in [0.717, 1.165) is 16.5 Å². The molecular formula is C40H35N5O6. The molecular weight excluding hydrogens is 646 g/mol. The van der Waals surface area contributed by atoms with Crippen molar-refractivity contribution in [2.24, 2.45) is 0 Å². The molecule has 256 valence electrons. The lowest BCUT2D eigenvalue weighted by Crippen LogP contribution is -2.44. The monoisotopic (exact) mass is 681 g/mol. The first-order valence-electron chi connectivity index (χ1n) is 16.8. The predicted molar refractivity (Wildman–Crippen MR) is 193 cm³/mol. The Morgan fingerprint density at radius 3 is 2.06 bits per heavy atom. The second kappa shape index (κ2) is 14.2. The topological polar surface area (TPSA) is 132 Å². The van der Waals surface area contributed by atoms with Crippen molar-refractivity contribution in [1.82, 2.24) is 19.4 Å². The highest BCUT2D eigenvalue weighted by atomic mass is 16.5. The van der Waals surface area contributed by atoms with E-state index in [0.29, 0.717) is 46.2 Å². The molecule has 11 heteroatoms. The molecule has 0 aliphatic carbocycles. The van der Waals surface area contributed by atoms with E-state index in [1.165, 1.54) is 15.7 Å². The summed E-state index contributed by atoms with van der Waals surface area (Å²) in [6.07, 6.45) is 3.42. The zero-order chi connectivity index (χ0) is 35.5. The summed E-state index contributed by atoms with van der Waals surface area (Å²) in [6.45, 7) is 2.59. The first-order chi connectivity index (χ1) is 24.8. The fourth-order valence-corrected chi connectivity index (χ4v) is 6.66. The average Bonchev–Trinajstić information content (AvgIpc) is 3.78. The van der Waals surface area contributed by atoms with Crippen LogP contribution in [0.1, 0.15) is 50.0 Å². The number of aromatic nitrogens is 2. The summed E-state index contributed by atoms with van der Waals surface area (Å²) in [6, 6.07) is 29.4. The average molecular weight is 682 g/mol. The number of hydrogen-bond acceptors (Lipinski definition) is 6. The van der Waals surface area contributed by atoms with E-state index in [1.807, 2.05) is 59.2 Å². The molecule has 0 radical (unpaired) electrons. The highest BCUT2D eigenvalue weighted by molar-refractivity contribution is 6.21. The van der Waals surface area contributed by atoms with Crippen LogP contribution in [0.2, 0.25) is 0 Å². The molecule has 0 saturated heterocycles. The van der Waals surface area contributed by atoms with Crippen molar-refractivity contribution < 1.29 is 28.7 Å². The van der Waals surface area contributed by atoms with Crippen molar-refractivity contribution in [2.45, 2.75) is 32.4 Å². The summed E-state index contributed by atoms with van der Waals surface area (Å²) in [7, 11) is 0. The first-order valence-corrected chi connectivity index (χ1v) is 16.8. The number of nitrogens with zero attached hydrogens (tertiary/aromatic N) is 3. The van der Waals surface area contributed by atoms with Crippen LogP contribution < -0.4 is 10.6 Å². The van der Waals surface area contributed by atoms with Gasteiger partial charge in [-0.3, -0.25) is 23.9 Å². The number of urea groups is 1. The Bertz CT molecular complexity index is 2270. The van der Waals surface area contributed by atoms with E-state index in [1.54, 1.807) is 61.7 Å². The van der Waals surface area contributed by atoms with Gasteiger partial charge in [-0.15, -0.1) is 0 Å². The molecule has 7 rings (SSSR count). The number of amides is 4. The normalized spacial score (nSPS) is 13.0. The van der Waals surface area contributed by atoms with Gasteiger partial charge in [0.25, 0.3) is 11.8 Å². The standard InChI is InChI=1S/C40H35N5O6/c1-2-51-40(50)45-25-33(30-18-9-11-20-35(30)45)42-39(49)41-32(23-26-13-4-3-5-14-26)36(46)31-24-43(34-19-10-8-15-27(31)34)21-12-22-44-37(47)28-16-6-7-17-29(28)38(44)48/h3-11,13-20,24-25,32H,2,12,21-23H2,1H3,(H2,41,42,49). The van der Waals surface area contributed by atoms with Gasteiger partial charge in [-0.1, -0.05) is 78.9 Å². The summed E-state index contributed by atoms with van der Waals surface area (Å²) in [4.78, 5) is 67.7. The molecule has 0 saturated carbocycles. The van der Waals surface area contributed by atoms with Crippen LogP contribution in [0.15, 0.2) is 116 Å². The smallest absolute Gasteiger partial charge is 0.418 e. The molecule has 3 heterocycles. The van der Waals surface area contributed by atoms with Gasteiger partial charge < -0.3 is 19.9 Å². The number of carbonyl (C=O) groups is 5. The summed E-state index contributed by atoms with van der Waals surface area (Å²) < 4.78 is 8.48. The third-order valence-corrected chi connectivity index (χ3v) is 9.04. The first kappa shape index (κ1) is 33.0. The maximum atomic E-state index is 14.4. The fourth-order valence-electron chi connectivity index (χ4n) is 6.66. The largest absolute Gasteiger partial charge is 0.449 e. The minimum atomic E-state index is -0.941. The minimum absolute atomic E-state index is 0.195. The van der Waals surface area contributed by atoms with Crippen molar-refractivity contribution in [1.29, 1.82) is 0 Å². The lowest BCUT2D eigenvalue weighted by atomic mass is 9.97. The van der Waals surface area contributed by atoms with Crippen LogP contribution in [0.25, 0.3) is 21.8 Å². The van der Waals surface area contributed by atoms with Gasteiger partial charge in [-0.25, -0.2) is 9.59 Å². The summed E-state index contributed by atoms with van der Waals surface area (Å²) in [5.41, 5.74) is 3.89. The number of fused-ring (bicyclic) bond motifs is 3. The lowest BCUT2D eigenvalue weighted by molar-refractivity contribution is 0.0650. The molecule has 1 aliphatic heterocycles. The summed E-state index contributed by atoms with van der Waals surface area (Å²) in [5.74, 6) is -0.886. The Kier molecular flexibility index (Phi) is 9.17. The molecule has 4 amide bonds. The van der Waals surface area contributed by atoms with Gasteiger partial charge in [-0.05, 0) is 43.2 Å². The van der Waals surface area contributed by atoms with Gasteiger partial charge >= 0.3 is 12.1 Å². The Hall–Kier alpha value is -6.49. The zero-order valence-electron chi connectivity index (χ0n) is 27.9. The van der Waals surface area contributed by atoms with Gasteiger partial charge in [-0.2, -0.15) is 0 Å². The van der Waals surface area contributed by atoms with Crippen LogP contribution in [-0.4, -0.2) is 62.9 Å². The van der Waals surface area contributed by atoms with Crippen molar-refractivity contribution in [2.75, 3.05) is 18.5 Å². The Labute approximate surface area is 293 Å². The Balaban J connectivity index is 1.13. The number of Topliss-reactive ketones (excluding diaryl/α,β-unsaturated/α-hetero) is 1. The SMILES string of the molecule is CCOC(=O)n1cc(NC(=O)NC(Cc2ccccc2)C(=O)c2cn(CCCN3C(=O)c4ccccc4C3=O)c3ccccc23)c2ccccc21. The maximum Gasteiger partial charge on any atom is 0.418 e. The molecule has 0 bridgehead atoms. The molecule has 11 nitrogen and oxygen atoms in total. The van der Waals surface area contributed by atoms with E-state index in [2.05, 4.69) is 10.6 Å². The number of aryl methyl sites for hydroxylation is 1. The van der Waals surface area contributed by atoms with Crippen molar-refractivity contribution >= 4 is 57.2 Å². The molecule has 1 atom stereocenters. The van der Waals surface area contributed by atoms with Gasteiger partial charge in [0, 0.05) is 53.8 Å². The second-order valence-electron chi connectivity index (χ2n) is 12.2. The highest BCUT2D eigenvalue weighted by Crippen LogP contribution is 2.28. The van der Waals surface area contributed by atoms with Crippen LogP contribution in [0, 0.1) is 0 Å². The van der Waals surface area contributed by atoms with E-state index < -0.39 is 18.2 Å². The zero-order valence-corrected chi connectivity index (χ0v) is 27.9.